The fourth-order valence-corrected chi connectivity index (χ4v) is 5.47. The SMILES string of the molecule is COc1cc(C(CC(=O)N2CCCC2C(=O)NCC2CCN(C(=N)N)CC2)c2cccnc2)ccc1Cl. The van der Waals surface area contributed by atoms with E-state index in [-0.39, 0.29) is 30.1 Å². The molecule has 1 aromatic carbocycles. The van der Waals surface area contributed by atoms with Crippen molar-refractivity contribution in [3.05, 3.63) is 58.9 Å². The van der Waals surface area contributed by atoms with E-state index in [9.17, 15) is 9.59 Å². The summed E-state index contributed by atoms with van der Waals surface area (Å²) in [6.07, 6.45) is 6.90. The smallest absolute Gasteiger partial charge is 0.242 e. The molecule has 3 heterocycles. The Morgan fingerprint density at radius 2 is 2.00 bits per heavy atom. The molecule has 0 saturated carbocycles. The molecule has 37 heavy (non-hydrogen) atoms. The average molecular weight is 527 g/mol. The summed E-state index contributed by atoms with van der Waals surface area (Å²) in [6, 6.07) is 8.89. The van der Waals surface area contributed by atoms with E-state index in [0.29, 0.717) is 36.2 Å². The Morgan fingerprint density at radius 1 is 1.22 bits per heavy atom. The number of benzene rings is 1. The molecule has 2 aliphatic rings. The van der Waals surface area contributed by atoms with Crippen LogP contribution in [0.2, 0.25) is 5.02 Å². The molecule has 2 fully saturated rings. The first-order valence-electron chi connectivity index (χ1n) is 12.8. The number of carbonyl (C=O) groups is 2. The zero-order chi connectivity index (χ0) is 26.4. The predicted molar refractivity (Wildman–Crippen MR) is 143 cm³/mol. The number of halogens is 1. The maximum Gasteiger partial charge on any atom is 0.242 e. The molecular formula is C27H35ClN6O3. The summed E-state index contributed by atoms with van der Waals surface area (Å²) in [6.45, 7) is 2.61. The monoisotopic (exact) mass is 526 g/mol. The normalized spacial score (nSPS) is 18.9. The van der Waals surface area contributed by atoms with Crippen LogP contribution in [0.15, 0.2) is 42.7 Å². The van der Waals surface area contributed by atoms with E-state index < -0.39 is 6.04 Å². The Morgan fingerprint density at radius 3 is 2.68 bits per heavy atom. The van der Waals surface area contributed by atoms with Crippen molar-refractivity contribution in [1.82, 2.24) is 20.1 Å². The van der Waals surface area contributed by atoms with Gasteiger partial charge in [-0.3, -0.25) is 20.0 Å². The van der Waals surface area contributed by atoms with Gasteiger partial charge in [0.15, 0.2) is 5.96 Å². The van der Waals surface area contributed by atoms with Gasteiger partial charge in [0, 0.05) is 50.9 Å². The maximum absolute atomic E-state index is 13.6. The number of pyridine rings is 1. The number of rotatable bonds is 8. The highest BCUT2D eigenvalue weighted by Crippen LogP contribution is 2.34. The number of hydrogen-bond donors (Lipinski definition) is 3. The first-order chi connectivity index (χ1) is 17.9. The molecule has 2 aromatic rings. The first-order valence-corrected chi connectivity index (χ1v) is 13.1. The summed E-state index contributed by atoms with van der Waals surface area (Å²) < 4.78 is 5.40. The van der Waals surface area contributed by atoms with Crippen molar-refractivity contribution in [2.45, 2.75) is 44.1 Å². The van der Waals surface area contributed by atoms with Crippen LogP contribution in [0.1, 0.15) is 49.1 Å². The Hall–Kier alpha value is -3.33. The Bertz CT molecular complexity index is 1110. The lowest BCUT2D eigenvalue weighted by Gasteiger charge is -2.32. The van der Waals surface area contributed by atoms with E-state index >= 15 is 0 Å². The minimum atomic E-state index is -0.459. The van der Waals surface area contributed by atoms with Gasteiger partial charge in [0.2, 0.25) is 11.8 Å². The van der Waals surface area contributed by atoms with Crippen LogP contribution in [0.4, 0.5) is 0 Å². The standard InChI is InChI=1S/C27H35ClN6O3/c1-37-24-14-19(6-7-22(24)28)21(20-4-2-10-31-17-20)15-25(35)34-11-3-5-23(34)26(36)32-16-18-8-12-33(13-9-18)27(29)30/h2,4,6-7,10,14,17-18,21,23H,3,5,8-9,11-13,15-16H2,1H3,(H3,29,30)(H,32,36). The van der Waals surface area contributed by atoms with Crippen molar-refractivity contribution in [3.8, 4) is 5.75 Å². The molecule has 4 N–H and O–H groups in total. The predicted octanol–water partition coefficient (Wildman–Crippen LogP) is 2.98. The molecular weight excluding hydrogens is 492 g/mol. The molecule has 0 radical (unpaired) electrons. The minimum Gasteiger partial charge on any atom is -0.495 e. The zero-order valence-electron chi connectivity index (χ0n) is 21.2. The van der Waals surface area contributed by atoms with Gasteiger partial charge >= 0.3 is 0 Å². The summed E-state index contributed by atoms with van der Waals surface area (Å²) in [5.41, 5.74) is 7.39. The molecule has 4 rings (SSSR count). The number of piperidine rings is 1. The highest BCUT2D eigenvalue weighted by atomic mass is 35.5. The lowest BCUT2D eigenvalue weighted by Crippen LogP contribution is -2.48. The third-order valence-electron chi connectivity index (χ3n) is 7.44. The number of likely N-dealkylation sites (tertiary alicyclic amines) is 2. The maximum atomic E-state index is 13.6. The molecule has 2 atom stereocenters. The van der Waals surface area contributed by atoms with E-state index in [0.717, 1.165) is 43.5 Å². The summed E-state index contributed by atoms with van der Waals surface area (Å²) in [5.74, 6) is 0.599. The second kappa shape index (κ2) is 12.3. The van der Waals surface area contributed by atoms with Crippen LogP contribution >= 0.6 is 11.6 Å². The van der Waals surface area contributed by atoms with Crippen molar-refractivity contribution in [2.75, 3.05) is 33.3 Å². The number of aromatic nitrogens is 1. The van der Waals surface area contributed by atoms with Crippen molar-refractivity contribution < 1.29 is 14.3 Å². The molecule has 2 aliphatic heterocycles. The van der Waals surface area contributed by atoms with Crippen LogP contribution in [0.5, 0.6) is 5.75 Å². The van der Waals surface area contributed by atoms with Crippen LogP contribution in [-0.2, 0) is 9.59 Å². The molecule has 198 valence electrons. The number of nitrogens with two attached hydrogens (primary N) is 1. The molecule has 2 amide bonds. The number of nitrogens with zero attached hydrogens (tertiary/aromatic N) is 3. The summed E-state index contributed by atoms with van der Waals surface area (Å²) in [5, 5.41) is 11.2. The second-order valence-electron chi connectivity index (χ2n) is 9.74. The van der Waals surface area contributed by atoms with Crippen LogP contribution in [0.25, 0.3) is 0 Å². The van der Waals surface area contributed by atoms with Crippen molar-refractivity contribution in [1.29, 1.82) is 5.41 Å². The quantitative estimate of drug-likeness (QED) is 0.359. The largest absolute Gasteiger partial charge is 0.495 e. The molecule has 2 saturated heterocycles. The average Bonchev–Trinajstić information content (AvgIpc) is 3.42. The highest BCUT2D eigenvalue weighted by molar-refractivity contribution is 6.32. The molecule has 0 spiro atoms. The first kappa shape index (κ1) is 26.7. The lowest BCUT2D eigenvalue weighted by molar-refractivity contribution is -0.138. The van der Waals surface area contributed by atoms with Gasteiger partial charge in [0.25, 0.3) is 0 Å². The Kier molecular flexibility index (Phi) is 8.87. The molecule has 10 heteroatoms. The van der Waals surface area contributed by atoms with Crippen molar-refractivity contribution >= 4 is 29.4 Å². The number of hydrogen-bond acceptors (Lipinski definition) is 5. The third-order valence-corrected chi connectivity index (χ3v) is 7.75. The topological polar surface area (TPSA) is 125 Å². The zero-order valence-corrected chi connectivity index (χ0v) is 21.9. The number of guanidine groups is 1. The molecule has 2 unspecified atom stereocenters. The number of ether oxygens (including phenoxy) is 1. The fourth-order valence-electron chi connectivity index (χ4n) is 5.27. The summed E-state index contributed by atoms with van der Waals surface area (Å²) >= 11 is 6.24. The van der Waals surface area contributed by atoms with Crippen LogP contribution in [0.3, 0.4) is 0 Å². The van der Waals surface area contributed by atoms with E-state index in [4.69, 9.17) is 27.5 Å². The van der Waals surface area contributed by atoms with Gasteiger partial charge in [-0.1, -0.05) is 23.7 Å². The van der Waals surface area contributed by atoms with E-state index in [2.05, 4.69) is 10.3 Å². The molecule has 1 aromatic heterocycles. The van der Waals surface area contributed by atoms with E-state index in [1.807, 2.05) is 29.2 Å². The van der Waals surface area contributed by atoms with E-state index in [1.54, 1.807) is 30.5 Å². The van der Waals surface area contributed by atoms with Gasteiger partial charge in [0.05, 0.1) is 12.1 Å². The van der Waals surface area contributed by atoms with E-state index in [1.165, 1.54) is 0 Å². The lowest BCUT2D eigenvalue weighted by atomic mass is 9.88. The Balaban J connectivity index is 1.42. The van der Waals surface area contributed by atoms with Crippen molar-refractivity contribution in [3.63, 3.8) is 0 Å². The van der Waals surface area contributed by atoms with Crippen LogP contribution in [0, 0.1) is 11.3 Å². The summed E-state index contributed by atoms with van der Waals surface area (Å²) in [4.78, 5) is 34.5. The molecule has 9 nitrogen and oxygen atoms in total. The fraction of sp³-hybridized carbons (Fsp3) is 0.481. The third kappa shape index (κ3) is 6.52. The Labute approximate surface area is 222 Å². The molecule has 0 bridgehead atoms. The number of amides is 2. The van der Waals surface area contributed by atoms with Gasteiger partial charge in [-0.2, -0.15) is 0 Å². The van der Waals surface area contributed by atoms with Gasteiger partial charge in [-0.25, -0.2) is 0 Å². The molecule has 0 aliphatic carbocycles. The number of methoxy groups -OCH3 is 1. The van der Waals surface area contributed by atoms with Gasteiger partial charge in [-0.15, -0.1) is 0 Å². The van der Waals surface area contributed by atoms with Gasteiger partial charge in [-0.05, 0) is 60.9 Å². The number of nitrogens with one attached hydrogen (secondary N) is 2. The van der Waals surface area contributed by atoms with Gasteiger partial charge < -0.3 is 25.6 Å². The highest BCUT2D eigenvalue weighted by Gasteiger charge is 2.35. The van der Waals surface area contributed by atoms with Crippen LogP contribution < -0.4 is 15.8 Å². The van der Waals surface area contributed by atoms with Crippen molar-refractivity contribution in [2.24, 2.45) is 11.7 Å². The second-order valence-corrected chi connectivity index (χ2v) is 10.2. The summed E-state index contributed by atoms with van der Waals surface area (Å²) in [7, 11) is 1.56. The number of carbonyl (C=O) groups excluding carboxylic acids is 2. The van der Waals surface area contributed by atoms with Gasteiger partial charge in [0.1, 0.15) is 11.8 Å². The minimum absolute atomic E-state index is 0.0600. The van der Waals surface area contributed by atoms with Crippen LogP contribution in [-0.4, -0.2) is 71.9 Å².